The molecule has 2 aromatic carbocycles. The van der Waals surface area contributed by atoms with E-state index in [2.05, 4.69) is 5.32 Å². The number of hydrogen-bond donors (Lipinski definition) is 1. The van der Waals surface area contributed by atoms with Gasteiger partial charge in [-0.25, -0.2) is 0 Å². The SMILES string of the molecule is COc1ccccc1CNCc1ccc(-c2ccc(Cl)cc2Cl)o1.Cl. The van der Waals surface area contributed by atoms with Crippen LogP contribution in [0.3, 0.4) is 0 Å². The molecule has 1 N–H and O–H groups in total. The molecule has 3 aromatic rings. The number of nitrogens with one attached hydrogen (secondary N) is 1. The molecular formula is C19H18Cl3NO2. The first-order valence-electron chi connectivity index (χ1n) is 7.54. The zero-order valence-corrected chi connectivity index (χ0v) is 15.9. The van der Waals surface area contributed by atoms with Gasteiger partial charge in [0, 0.05) is 22.7 Å². The molecule has 1 aromatic heterocycles. The third-order valence-electron chi connectivity index (χ3n) is 3.67. The highest BCUT2D eigenvalue weighted by Gasteiger charge is 2.09. The fourth-order valence-corrected chi connectivity index (χ4v) is 2.98. The second-order valence-electron chi connectivity index (χ2n) is 5.31. The predicted octanol–water partition coefficient (Wildman–Crippen LogP) is 5.97. The molecule has 1 heterocycles. The van der Waals surface area contributed by atoms with Crippen LogP contribution in [0.2, 0.25) is 10.0 Å². The quantitative estimate of drug-likeness (QED) is 0.555. The highest BCUT2D eigenvalue weighted by molar-refractivity contribution is 6.36. The maximum Gasteiger partial charge on any atom is 0.135 e. The van der Waals surface area contributed by atoms with Gasteiger partial charge in [0.1, 0.15) is 17.3 Å². The molecule has 132 valence electrons. The normalized spacial score (nSPS) is 10.4. The summed E-state index contributed by atoms with van der Waals surface area (Å²) in [6.07, 6.45) is 0. The van der Waals surface area contributed by atoms with E-state index in [0.29, 0.717) is 23.1 Å². The smallest absolute Gasteiger partial charge is 0.135 e. The summed E-state index contributed by atoms with van der Waals surface area (Å²) in [6, 6.07) is 17.1. The van der Waals surface area contributed by atoms with Crippen molar-refractivity contribution < 1.29 is 9.15 Å². The van der Waals surface area contributed by atoms with Gasteiger partial charge in [0.2, 0.25) is 0 Å². The highest BCUT2D eigenvalue weighted by atomic mass is 35.5. The molecule has 3 rings (SSSR count). The van der Waals surface area contributed by atoms with Crippen molar-refractivity contribution in [3.63, 3.8) is 0 Å². The lowest BCUT2D eigenvalue weighted by Crippen LogP contribution is -2.12. The molecule has 0 bridgehead atoms. The molecular weight excluding hydrogens is 381 g/mol. The molecule has 0 radical (unpaired) electrons. The standard InChI is InChI=1S/C19H17Cl2NO2.ClH/c1-23-18-5-3-2-4-13(18)11-22-12-15-7-9-19(24-15)16-8-6-14(20)10-17(16)21;/h2-10,22H,11-12H2,1H3;1H. The lowest BCUT2D eigenvalue weighted by molar-refractivity contribution is 0.406. The summed E-state index contributed by atoms with van der Waals surface area (Å²) in [5.74, 6) is 2.44. The number of rotatable bonds is 6. The van der Waals surface area contributed by atoms with E-state index in [1.165, 1.54) is 0 Å². The Morgan fingerprint density at radius 3 is 2.56 bits per heavy atom. The number of benzene rings is 2. The van der Waals surface area contributed by atoms with Gasteiger partial charge in [-0.05, 0) is 36.4 Å². The van der Waals surface area contributed by atoms with Crippen molar-refractivity contribution >= 4 is 35.6 Å². The van der Waals surface area contributed by atoms with Crippen LogP contribution < -0.4 is 10.1 Å². The van der Waals surface area contributed by atoms with Crippen molar-refractivity contribution in [2.45, 2.75) is 13.1 Å². The van der Waals surface area contributed by atoms with E-state index in [4.69, 9.17) is 32.4 Å². The average Bonchev–Trinajstić information content (AvgIpc) is 3.04. The predicted molar refractivity (Wildman–Crippen MR) is 105 cm³/mol. The Labute approximate surface area is 163 Å². The summed E-state index contributed by atoms with van der Waals surface area (Å²) in [5, 5.41) is 4.53. The molecule has 0 fully saturated rings. The molecule has 0 aliphatic carbocycles. The second kappa shape index (κ2) is 9.16. The number of furan rings is 1. The van der Waals surface area contributed by atoms with Crippen molar-refractivity contribution in [2.24, 2.45) is 0 Å². The molecule has 0 spiro atoms. The first kappa shape index (κ1) is 19.7. The Morgan fingerprint density at radius 1 is 1.00 bits per heavy atom. The third-order valence-corrected chi connectivity index (χ3v) is 4.21. The molecule has 6 heteroatoms. The summed E-state index contributed by atoms with van der Waals surface area (Å²) >= 11 is 12.1. The van der Waals surface area contributed by atoms with Crippen molar-refractivity contribution in [2.75, 3.05) is 7.11 Å². The topological polar surface area (TPSA) is 34.4 Å². The van der Waals surface area contributed by atoms with Crippen LogP contribution in [0, 0.1) is 0 Å². The Bertz CT molecular complexity index is 833. The fourth-order valence-electron chi connectivity index (χ4n) is 2.48. The first-order chi connectivity index (χ1) is 11.7. The first-order valence-corrected chi connectivity index (χ1v) is 8.29. The Kier molecular flexibility index (Phi) is 7.21. The van der Waals surface area contributed by atoms with Gasteiger partial charge in [-0.2, -0.15) is 0 Å². The van der Waals surface area contributed by atoms with Gasteiger partial charge >= 0.3 is 0 Å². The van der Waals surface area contributed by atoms with Gasteiger partial charge < -0.3 is 14.5 Å². The number of para-hydroxylation sites is 1. The zero-order valence-electron chi connectivity index (χ0n) is 13.6. The van der Waals surface area contributed by atoms with Crippen molar-refractivity contribution in [3.05, 3.63) is 76.0 Å². The van der Waals surface area contributed by atoms with E-state index in [1.54, 1.807) is 19.2 Å². The molecule has 0 saturated carbocycles. The zero-order chi connectivity index (χ0) is 16.9. The third kappa shape index (κ3) is 4.93. The molecule has 0 atom stereocenters. The van der Waals surface area contributed by atoms with Gasteiger partial charge in [-0.1, -0.05) is 41.4 Å². The van der Waals surface area contributed by atoms with Gasteiger partial charge in [0.15, 0.2) is 0 Å². The van der Waals surface area contributed by atoms with Crippen LogP contribution in [0.5, 0.6) is 5.75 Å². The van der Waals surface area contributed by atoms with E-state index >= 15 is 0 Å². The van der Waals surface area contributed by atoms with Crippen molar-refractivity contribution in [1.29, 1.82) is 0 Å². The van der Waals surface area contributed by atoms with Crippen LogP contribution in [0.4, 0.5) is 0 Å². The minimum absolute atomic E-state index is 0. The van der Waals surface area contributed by atoms with E-state index in [1.807, 2.05) is 42.5 Å². The molecule has 0 saturated heterocycles. The Morgan fingerprint density at radius 2 is 1.80 bits per heavy atom. The van der Waals surface area contributed by atoms with Crippen LogP contribution in [0.1, 0.15) is 11.3 Å². The van der Waals surface area contributed by atoms with Gasteiger partial charge in [0.25, 0.3) is 0 Å². The molecule has 3 nitrogen and oxygen atoms in total. The van der Waals surface area contributed by atoms with Gasteiger partial charge in [-0.15, -0.1) is 12.4 Å². The lowest BCUT2D eigenvalue weighted by atomic mass is 10.2. The number of ether oxygens (including phenoxy) is 1. The van der Waals surface area contributed by atoms with Crippen LogP contribution >= 0.6 is 35.6 Å². The number of methoxy groups -OCH3 is 1. The summed E-state index contributed by atoms with van der Waals surface area (Å²) in [7, 11) is 1.67. The molecule has 25 heavy (non-hydrogen) atoms. The average molecular weight is 399 g/mol. The van der Waals surface area contributed by atoms with Gasteiger partial charge in [-0.3, -0.25) is 0 Å². The van der Waals surface area contributed by atoms with Crippen LogP contribution in [0.25, 0.3) is 11.3 Å². The fraction of sp³-hybridized carbons (Fsp3) is 0.158. The van der Waals surface area contributed by atoms with Crippen LogP contribution in [-0.4, -0.2) is 7.11 Å². The minimum atomic E-state index is 0. The Hall–Kier alpha value is -1.65. The maximum atomic E-state index is 6.22. The molecule has 0 aliphatic rings. The second-order valence-corrected chi connectivity index (χ2v) is 6.15. The summed E-state index contributed by atoms with van der Waals surface area (Å²) < 4.78 is 11.2. The van der Waals surface area contributed by atoms with Crippen LogP contribution in [0.15, 0.2) is 59.0 Å². The monoisotopic (exact) mass is 397 g/mol. The summed E-state index contributed by atoms with van der Waals surface area (Å²) in [4.78, 5) is 0. The van der Waals surface area contributed by atoms with E-state index in [0.717, 1.165) is 28.4 Å². The summed E-state index contributed by atoms with van der Waals surface area (Å²) in [6.45, 7) is 1.31. The van der Waals surface area contributed by atoms with E-state index < -0.39 is 0 Å². The maximum absolute atomic E-state index is 6.22. The van der Waals surface area contributed by atoms with Crippen molar-refractivity contribution in [1.82, 2.24) is 5.32 Å². The molecule has 0 unspecified atom stereocenters. The van der Waals surface area contributed by atoms with E-state index in [9.17, 15) is 0 Å². The largest absolute Gasteiger partial charge is 0.496 e. The van der Waals surface area contributed by atoms with E-state index in [-0.39, 0.29) is 12.4 Å². The molecule has 0 aliphatic heterocycles. The minimum Gasteiger partial charge on any atom is -0.496 e. The number of halogens is 3. The molecule has 0 amide bonds. The lowest BCUT2D eigenvalue weighted by Gasteiger charge is -2.08. The number of hydrogen-bond acceptors (Lipinski definition) is 3. The Balaban J connectivity index is 0.00000225. The summed E-state index contributed by atoms with van der Waals surface area (Å²) in [5.41, 5.74) is 1.93. The highest BCUT2D eigenvalue weighted by Crippen LogP contribution is 2.31. The van der Waals surface area contributed by atoms with Crippen molar-refractivity contribution in [3.8, 4) is 17.1 Å². The van der Waals surface area contributed by atoms with Gasteiger partial charge in [0.05, 0.1) is 18.7 Å². The van der Waals surface area contributed by atoms with Crippen LogP contribution in [-0.2, 0) is 13.1 Å².